The van der Waals surface area contributed by atoms with Crippen molar-refractivity contribution in [3.8, 4) is 5.75 Å². The number of amides is 1. The van der Waals surface area contributed by atoms with E-state index in [-0.39, 0.29) is 5.91 Å². The van der Waals surface area contributed by atoms with Gasteiger partial charge in [0.2, 0.25) is 5.91 Å². The summed E-state index contributed by atoms with van der Waals surface area (Å²) < 4.78 is 5.12. The predicted octanol–water partition coefficient (Wildman–Crippen LogP) is 1.45. The highest BCUT2D eigenvalue weighted by atomic mass is 16.5. The smallest absolute Gasteiger partial charge is 0.222 e. The van der Waals surface area contributed by atoms with Crippen LogP contribution >= 0.6 is 0 Å². The Labute approximate surface area is 114 Å². The Morgan fingerprint density at radius 3 is 2.79 bits per heavy atom. The van der Waals surface area contributed by atoms with Gasteiger partial charge in [-0.3, -0.25) is 4.79 Å². The van der Waals surface area contributed by atoms with Gasteiger partial charge in [0.15, 0.2) is 0 Å². The Hall–Kier alpha value is -1.55. The second-order valence-electron chi connectivity index (χ2n) is 5.04. The summed E-state index contributed by atoms with van der Waals surface area (Å²) in [7, 11) is 1.66. The molecule has 4 nitrogen and oxygen atoms in total. The molecule has 104 valence electrons. The number of hydrogen-bond donors (Lipinski definition) is 1. The first-order valence-electron chi connectivity index (χ1n) is 6.83. The topological polar surface area (TPSA) is 41.6 Å². The molecule has 1 N–H and O–H groups in total. The van der Waals surface area contributed by atoms with Crippen LogP contribution in [0.2, 0.25) is 0 Å². The maximum atomic E-state index is 12.1. The predicted molar refractivity (Wildman–Crippen MR) is 75.4 cm³/mol. The SMILES string of the molecule is COc1ccc(CCC(=O)N2CCN[C@H](C)C2)cc1. The Morgan fingerprint density at radius 1 is 1.42 bits per heavy atom. The molecule has 0 aliphatic carbocycles. The number of rotatable bonds is 4. The van der Waals surface area contributed by atoms with Crippen molar-refractivity contribution in [1.29, 1.82) is 0 Å². The molecule has 0 bridgehead atoms. The Morgan fingerprint density at radius 2 is 2.16 bits per heavy atom. The minimum atomic E-state index is 0.254. The highest BCUT2D eigenvalue weighted by Crippen LogP contribution is 2.13. The molecule has 1 fully saturated rings. The molecule has 2 rings (SSSR count). The number of piperazine rings is 1. The van der Waals surface area contributed by atoms with Gasteiger partial charge in [-0.2, -0.15) is 0 Å². The van der Waals surface area contributed by atoms with Gasteiger partial charge in [-0.1, -0.05) is 12.1 Å². The fourth-order valence-electron chi connectivity index (χ4n) is 2.36. The fourth-order valence-corrected chi connectivity index (χ4v) is 2.36. The third-order valence-corrected chi connectivity index (χ3v) is 3.51. The van der Waals surface area contributed by atoms with Crippen LogP contribution in [0.3, 0.4) is 0 Å². The molecular formula is C15H22N2O2. The summed E-state index contributed by atoms with van der Waals surface area (Å²) in [6, 6.07) is 8.32. The van der Waals surface area contributed by atoms with Crippen molar-refractivity contribution in [2.75, 3.05) is 26.7 Å². The maximum Gasteiger partial charge on any atom is 0.222 e. The standard InChI is InChI=1S/C15H22N2O2/c1-12-11-17(10-9-16-12)15(18)8-5-13-3-6-14(19-2)7-4-13/h3-4,6-7,12,16H,5,8-11H2,1-2H3/t12-/m1/s1. The Kier molecular flexibility index (Phi) is 4.80. The maximum absolute atomic E-state index is 12.1. The molecule has 4 heteroatoms. The van der Waals surface area contributed by atoms with E-state index in [2.05, 4.69) is 12.2 Å². The molecule has 0 radical (unpaired) electrons. The molecule has 1 aromatic rings. The molecule has 1 aromatic carbocycles. The molecule has 1 heterocycles. The van der Waals surface area contributed by atoms with Crippen LogP contribution in [-0.4, -0.2) is 43.6 Å². The van der Waals surface area contributed by atoms with E-state index in [0.29, 0.717) is 12.5 Å². The van der Waals surface area contributed by atoms with Crippen LogP contribution in [0.1, 0.15) is 18.9 Å². The number of carbonyl (C=O) groups excluding carboxylic acids is 1. The van der Waals surface area contributed by atoms with Crippen LogP contribution in [0.4, 0.5) is 0 Å². The van der Waals surface area contributed by atoms with Crippen LogP contribution in [0.15, 0.2) is 24.3 Å². The van der Waals surface area contributed by atoms with Gasteiger partial charge in [0.1, 0.15) is 5.75 Å². The van der Waals surface area contributed by atoms with E-state index in [0.717, 1.165) is 31.8 Å². The van der Waals surface area contributed by atoms with E-state index in [4.69, 9.17) is 4.74 Å². The normalized spacial score (nSPS) is 19.3. The van der Waals surface area contributed by atoms with Crippen molar-refractivity contribution >= 4 is 5.91 Å². The van der Waals surface area contributed by atoms with E-state index in [1.54, 1.807) is 7.11 Å². The molecule has 0 aromatic heterocycles. The number of methoxy groups -OCH3 is 1. The zero-order valence-corrected chi connectivity index (χ0v) is 11.7. The van der Waals surface area contributed by atoms with Gasteiger partial charge in [0.05, 0.1) is 7.11 Å². The summed E-state index contributed by atoms with van der Waals surface area (Å²) in [6.07, 6.45) is 1.38. The first-order chi connectivity index (χ1) is 9.19. The first kappa shape index (κ1) is 13.9. The summed E-state index contributed by atoms with van der Waals surface area (Å²) in [5, 5.41) is 3.35. The number of aryl methyl sites for hydroxylation is 1. The summed E-state index contributed by atoms with van der Waals surface area (Å²) >= 11 is 0. The second kappa shape index (κ2) is 6.57. The van der Waals surface area contributed by atoms with Crippen molar-refractivity contribution < 1.29 is 9.53 Å². The van der Waals surface area contributed by atoms with Crippen molar-refractivity contribution in [3.05, 3.63) is 29.8 Å². The minimum absolute atomic E-state index is 0.254. The number of ether oxygens (including phenoxy) is 1. The van der Waals surface area contributed by atoms with Crippen molar-refractivity contribution in [2.45, 2.75) is 25.8 Å². The lowest BCUT2D eigenvalue weighted by Gasteiger charge is -2.32. The largest absolute Gasteiger partial charge is 0.497 e. The molecule has 19 heavy (non-hydrogen) atoms. The van der Waals surface area contributed by atoms with E-state index >= 15 is 0 Å². The monoisotopic (exact) mass is 262 g/mol. The number of nitrogens with zero attached hydrogens (tertiary/aromatic N) is 1. The van der Waals surface area contributed by atoms with Gasteiger partial charge >= 0.3 is 0 Å². The van der Waals surface area contributed by atoms with Crippen LogP contribution in [-0.2, 0) is 11.2 Å². The highest BCUT2D eigenvalue weighted by molar-refractivity contribution is 5.76. The number of benzene rings is 1. The molecule has 0 spiro atoms. The lowest BCUT2D eigenvalue weighted by atomic mass is 10.1. The summed E-state index contributed by atoms with van der Waals surface area (Å²) in [6.45, 7) is 4.66. The molecule has 0 unspecified atom stereocenters. The van der Waals surface area contributed by atoms with Crippen molar-refractivity contribution in [1.82, 2.24) is 10.2 Å². The summed E-state index contributed by atoms with van der Waals surface area (Å²) in [4.78, 5) is 14.1. The average molecular weight is 262 g/mol. The number of nitrogens with one attached hydrogen (secondary N) is 1. The van der Waals surface area contributed by atoms with Gasteiger partial charge in [0.25, 0.3) is 0 Å². The third kappa shape index (κ3) is 3.96. The Balaban J connectivity index is 1.82. The number of hydrogen-bond acceptors (Lipinski definition) is 3. The fraction of sp³-hybridized carbons (Fsp3) is 0.533. The third-order valence-electron chi connectivity index (χ3n) is 3.51. The van der Waals surface area contributed by atoms with E-state index in [1.165, 1.54) is 5.56 Å². The number of carbonyl (C=O) groups is 1. The molecular weight excluding hydrogens is 240 g/mol. The van der Waals surface area contributed by atoms with E-state index in [1.807, 2.05) is 29.2 Å². The second-order valence-corrected chi connectivity index (χ2v) is 5.04. The lowest BCUT2D eigenvalue weighted by molar-refractivity contribution is -0.132. The molecule has 1 amide bonds. The van der Waals surface area contributed by atoms with Gasteiger partial charge in [-0.15, -0.1) is 0 Å². The average Bonchev–Trinajstić information content (AvgIpc) is 2.45. The van der Waals surface area contributed by atoms with Crippen LogP contribution < -0.4 is 10.1 Å². The summed E-state index contributed by atoms with van der Waals surface area (Å²) in [5.41, 5.74) is 1.18. The molecule has 0 saturated carbocycles. The van der Waals surface area contributed by atoms with Crippen molar-refractivity contribution in [2.24, 2.45) is 0 Å². The molecule has 1 aliphatic rings. The molecule has 1 saturated heterocycles. The lowest BCUT2D eigenvalue weighted by Crippen LogP contribution is -2.51. The van der Waals surface area contributed by atoms with E-state index < -0.39 is 0 Å². The quantitative estimate of drug-likeness (QED) is 0.893. The highest BCUT2D eigenvalue weighted by Gasteiger charge is 2.19. The van der Waals surface area contributed by atoms with Gasteiger partial charge in [-0.25, -0.2) is 0 Å². The molecule has 1 atom stereocenters. The van der Waals surface area contributed by atoms with Gasteiger partial charge < -0.3 is 15.0 Å². The van der Waals surface area contributed by atoms with Crippen LogP contribution in [0.5, 0.6) is 5.75 Å². The van der Waals surface area contributed by atoms with Gasteiger partial charge in [-0.05, 0) is 31.0 Å². The zero-order chi connectivity index (χ0) is 13.7. The van der Waals surface area contributed by atoms with Crippen molar-refractivity contribution in [3.63, 3.8) is 0 Å². The zero-order valence-electron chi connectivity index (χ0n) is 11.7. The first-order valence-corrected chi connectivity index (χ1v) is 6.83. The van der Waals surface area contributed by atoms with E-state index in [9.17, 15) is 4.79 Å². The van der Waals surface area contributed by atoms with Crippen LogP contribution in [0, 0.1) is 0 Å². The summed E-state index contributed by atoms with van der Waals surface area (Å²) in [5.74, 6) is 1.11. The minimum Gasteiger partial charge on any atom is -0.497 e. The molecule has 1 aliphatic heterocycles. The van der Waals surface area contributed by atoms with Crippen LogP contribution in [0.25, 0.3) is 0 Å². The van der Waals surface area contributed by atoms with Gasteiger partial charge in [0, 0.05) is 32.1 Å². The Bertz CT molecular complexity index is 417.